The Kier molecular flexibility index (Phi) is 5.58. The van der Waals surface area contributed by atoms with Gasteiger partial charge in [0.25, 0.3) is 0 Å². The summed E-state index contributed by atoms with van der Waals surface area (Å²) in [6, 6.07) is 17.7. The zero-order chi connectivity index (χ0) is 20.3. The molecule has 1 amide bonds. The number of hydrogen-bond acceptors (Lipinski definition) is 4. The van der Waals surface area contributed by atoms with Crippen LogP contribution in [0.1, 0.15) is 24.2 Å². The van der Waals surface area contributed by atoms with Gasteiger partial charge in [-0.25, -0.2) is 8.42 Å². The summed E-state index contributed by atoms with van der Waals surface area (Å²) < 4.78 is 27.7. The second-order valence-corrected chi connectivity index (χ2v) is 8.19. The van der Waals surface area contributed by atoms with Gasteiger partial charge in [-0.15, -0.1) is 0 Å². The van der Waals surface area contributed by atoms with E-state index in [1.807, 2.05) is 24.3 Å². The molecule has 0 radical (unpaired) electrons. The molecule has 0 saturated carbocycles. The van der Waals surface area contributed by atoms with Gasteiger partial charge in [-0.05, 0) is 48.9 Å². The Morgan fingerprint density at radius 1 is 0.893 bits per heavy atom. The third-order valence-corrected chi connectivity index (χ3v) is 5.83. The van der Waals surface area contributed by atoms with Gasteiger partial charge in [-0.1, -0.05) is 42.5 Å². The summed E-state index contributed by atoms with van der Waals surface area (Å²) in [4.78, 5) is 23.9. The van der Waals surface area contributed by atoms with Crippen LogP contribution in [0.25, 0.3) is 10.8 Å². The summed E-state index contributed by atoms with van der Waals surface area (Å²) in [5.41, 5.74) is 0.886. The molecule has 0 fully saturated rings. The van der Waals surface area contributed by atoms with Crippen molar-refractivity contribution in [3.63, 3.8) is 0 Å². The second-order valence-electron chi connectivity index (χ2n) is 6.48. The summed E-state index contributed by atoms with van der Waals surface area (Å²) in [5.74, 6) is -0.647. The van der Waals surface area contributed by atoms with Crippen LogP contribution in [-0.2, 0) is 14.8 Å². The average Bonchev–Trinajstić information content (AvgIpc) is 2.67. The van der Waals surface area contributed by atoms with Crippen molar-refractivity contribution in [3.05, 3.63) is 72.3 Å². The molecule has 0 spiro atoms. The van der Waals surface area contributed by atoms with Crippen molar-refractivity contribution < 1.29 is 18.0 Å². The van der Waals surface area contributed by atoms with Crippen LogP contribution in [-0.4, -0.2) is 26.2 Å². The lowest BCUT2D eigenvalue weighted by atomic mass is 10.1. The molecule has 0 aromatic heterocycles. The number of amides is 1. The van der Waals surface area contributed by atoms with Crippen molar-refractivity contribution >= 4 is 38.2 Å². The molecular formula is C21H20N2O4S. The van der Waals surface area contributed by atoms with Crippen molar-refractivity contribution in [2.45, 2.75) is 24.8 Å². The van der Waals surface area contributed by atoms with Gasteiger partial charge >= 0.3 is 0 Å². The van der Waals surface area contributed by atoms with E-state index in [4.69, 9.17) is 0 Å². The Balaban J connectivity index is 1.74. The summed E-state index contributed by atoms with van der Waals surface area (Å²) in [6.07, 6.45) is 0. The number of sulfonamides is 1. The van der Waals surface area contributed by atoms with Gasteiger partial charge in [0.15, 0.2) is 5.78 Å². The zero-order valence-electron chi connectivity index (χ0n) is 15.5. The first-order valence-corrected chi connectivity index (χ1v) is 10.2. The zero-order valence-corrected chi connectivity index (χ0v) is 16.3. The summed E-state index contributed by atoms with van der Waals surface area (Å²) >= 11 is 0. The van der Waals surface area contributed by atoms with Gasteiger partial charge in [0.05, 0.1) is 10.9 Å². The molecule has 1 unspecified atom stereocenters. The van der Waals surface area contributed by atoms with Crippen molar-refractivity contribution in [2.24, 2.45) is 0 Å². The lowest BCUT2D eigenvalue weighted by Gasteiger charge is -2.15. The first-order valence-electron chi connectivity index (χ1n) is 8.69. The molecule has 3 rings (SSSR count). The van der Waals surface area contributed by atoms with Gasteiger partial charge in [0.2, 0.25) is 15.9 Å². The highest BCUT2D eigenvalue weighted by atomic mass is 32.2. The van der Waals surface area contributed by atoms with Gasteiger partial charge in [0.1, 0.15) is 0 Å². The molecule has 0 aliphatic carbocycles. The van der Waals surface area contributed by atoms with Crippen molar-refractivity contribution in [2.75, 3.05) is 5.32 Å². The Bertz CT molecular complexity index is 1160. The minimum atomic E-state index is -3.87. The fraction of sp³-hybridized carbons (Fsp3) is 0.143. The number of carbonyl (C=O) groups excluding carboxylic acids is 2. The van der Waals surface area contributed by atoms with Gasteiger partial charge < -0.3 is 5.32 Å². The molecule has 3 aromatic rings. The molecule has 6 nitrogen and oxygen atoms in total. The topological polar surface area (TPSA) is 92.3 Å². The number of hydrogen-bond donors (Lipinski definition) is 2. The normalized spacial score (nSPS) is 12.5. The number of Topliss-reactive ketones (excluding diaryl/α,β-unsaturated/α-hetero) is 1. The first kappa shape index (κ1) is 19.7. The lowest BCUT2D eigenvalue weighted by molar-refractivity contribution is -0.117. The number of fused-ring (bicyclic) bond motifs is 1. The minimum absolute atomic E-state index is 0.0874. The van der Waals surface area contributed by atoms with Gasteiger partial charge in [-0.2, -0.15) is 4.72 Å². The molecule has 0 saturated heterocycles. The standard InChI is InChI=1S/C21H20N2O4S/c1-14(21(25)22-19-9-5-8-17(12-19)15(2)24)23-28(26,27)20-11-10-16-6-3-4-7-18(16)13-20/h3-14,23H,1-2H3,(H,22,25). The smallest absolute Gasteiger partial charge is 0.242 e. The third-order valence-electron chi connectivity index (χ3n) is 4.29. The van der Waals surface area contributed by atoms with Crippen LogP contribution < -0.4 is 10.0 Å². The summed E-state index contributed by atoms with van der Waals surface area (Å²) in [7, 11) is -3.87. The van der Waals surface area contributed by atoms with Crippen molar-refractivity contribution in [3.8, 4) is 0 Å². The predicted molar refractivity (Wildman–Crippen MR) is 109 cm³/mol. The molecule has 2 N–H and O–H groups in total. The van der Waals surface area contributed by atoms with Crippen LogP contribution in [0.4, 0.5) is 5.69 Å². The number of nitrogens with one attached hydrogen (secondary N) is 2. The molecule has 0 heterocycles. The third kappa shape index (κ3) is 4.44. The Labute approximate surface area is 163 Å². The monoisotopic (exact) mass is 396 g/mol. The van der Waals surface area contributed by atoms with E-state index in [0.717, 1.165) is 10.8 Å². The average molecular weight is 396 g/mol. The highest BCUT2D eigenvalue weighted by molar-refractivity contribution is 7.89. The van der Waals surface area contributed by atoms with Crippen LogP contribution in [0.5, 0.6) is 0 Å². The number of rotatable bonds is 6. The minimum Gasteiger partial charge on any atom is -0.325 e. The second kappa shape index (κ2) is 7.92. The predicted octanol–water partition coefficient (Wildman–Crippen LogP) is 3.35. The van der Waals surface area contributed by atoms with Gasteiger partial charge in [-0.3, -0.25) is 9.59 Å². The molecule has 0 bridgehead atoms. The van der Waals surface area contributed by atoms with E-state index in [2.05, 4.69) is 10.0 Å². The molecule has 3 aromatic carbocycles. The summed E-state index contributed by atoms with van der Waals surface area (Å²) in [5, 5.41) is 4.35. The van der Waals surface area contributed by atoms with Crippen LogP contribution >= 0.6 is 0 Å². The van der Waals surface area contributed by atoms with E-state index in [1.165, 1.54) is 19.9 Å². The summed E-state index contributed by atoms with van der Waals surface area (Å²) in [6.45, 7) is 2.89. The lowest BCUT2D eigenvalue weighted by Crippen LogP contribution is -2.41. The number of carbonyl (C=O) groups is 2. The molecule has 28 heavy (non-hydrogen) atoms. The highest BCUT2D eigenvalue weighted by Crippen LogP contribution is 2.19. The number of benzene rings is 3. The number of ketones is 1. The Morgan fingerprint density at radius 3 is 2.32 bits per heavy atom. The van der Waals surface area contributed by atoms with Crippen LogP contribution in [0.2, 0.25) is 0 Å². The van der Waals surface area contributed by atoms with Crippen LogP contribution in [0.15, 0.2) is 71.6 Å². The molecule has 0 aliphatic heterocycles. The van der Waals surface area contributed by atoms with E-state index in [0.29, 0.717) is 11.3 Å². The van der Waals surface area contributed by atoms with E-state index in [9.17, 15) is 18.0 Å². The quantitative estimate of drug-likeness (QED) is 0.625. The van der Waals surface area contributed by atoms with Gasteiger partial charge in [0, 0.05) is 11.3 Å². The molecule has 144 valence electrons. The van der Waals surface area contributed by atoms with Crippen LogP contribution in [0.3, 0.4) is 0 Å². The molecule has 7 heteroatoms. The first-order chi connectivity index (χ1) is 13.3. The van der Waals surface area contributed by atoms with E-state index >= 15 is 0 Å². The van der Waals surface area contributed by atoms with E-state index < -0.39 is 22.0 Å². The maximum Gasteiger partial charge on any atom is 0.242 e. The van der Waals surface area contributed by atoms with E-state index in [-0.39, 0.29) is 10.7 Å². The molecule has 1 atom stereocenters. The number of anilines is 1. The fourth-order valence-electron chi connectivity index (χ4n) is 2.76. The van der Waals surface area contributed by atoms with E-state index in [1.54, 1.807) is 36.4 Å². The van der Waals surface area contributed by atoms with Crippen molar-refractivity contribution in [1.82, 2.24) is 4.72 Å². The largest absolute Gasteiger partial charge is 0.325 e. The Morgan fingerprint density at radius 2 is 1.61 bits per heavy atom. The van der Waals surface area contributed by atoms with Crippen LogP contribution in [0, 0.1) is 0 Å². The molecular weight excluding hydrogens is 376 g/mol. The maximum atomic E-state index is 12.7. The Hall–Kier alpha value is -3.03. The maximum absolute atomic E-state index is 12.7. The molecule has 0 aliphatic rings. The SMILES string of the molecule is CC(=O)c1cccc(NC(=O)C(C)NS(=O)(=O)c2ccc3ccccc3c2)c1. The fourth-order valence-corrected chi connectivity index (χ4v) is 3.99. The van der Waals surface area contributed by atoms with Crippen molar-refractivity contribution in [1.29, 1.82) is 0 Å². The highest BCUT2D eigenvalue weighted by Gasteiger charge is 2.22.